The minimum atomic E-state index is -0.340. The minimum absolute atomic E-state index is 0.247. The van der Waals surface area contributed by atoms with E-state index in [2.05, 4.69) is 4.98 Å². The highest BCUT2D eigenvalue weighted by Gasteiger charge is 2.14. The maximum Gasteiger partial charge on any atom is 0.125 e. The van der Waals surface area contributed by atoms with Crippen molar-refractivity contribution in [3.8, 4) is 0 Å². The smallest absolute Gasteiger partial charge is 0.125 e. The molecule has 1 heterocycles. The lowest BCUT2D eigenvalue weighted by atomic mass is 10.1. The fraction of sp³-hybridized carbons (Fsp3) is 0.308. The van der Waals surface area contributed by atoms with Crippen LogP contribution in [0.2, 0.25) is 5.02 Å². The highest BCUT2D eigenvalue weighted by Crippen LogP contribution is 2.22. The van der Waals surface area contributed by atoms with Gasteiger partial charge in [0.15, 0.2) is 0 Å². The second-order valence-electron chi connectivity index (χ2n) is 4.12. The number of benzene rings is 1. The van der Waals surface area contributed by atoms with Gasteiger partial charge in [0.1, 0.15) is 11.6 Å². The summed E-state index contributed by atoms with van der Waals surface area (Å²) in [5.74, 6) is 0.477. The quantitative estimate of drug-likeness (QED) is 0.926. The summed E-state index contributed by atoms with van der Waals surface area (Å²) in [6.07, 6.45) is 4.16. The average Bonchev–Trinajstić information content (AvgIpc) is 2.81. The van der Waals surface area contributed by atoms with E-state index in [9.17, 15) is 4.39 Å². The van der Waals surface area contributed by atoms with Crippen LogP contribution in [-0.2, 0) is 13.0 Å². The lowest BCUT2D eigenvalue weighted by Crippen LogP contribution is -2.18. The summed E-state index contributed by atoms with van der Waals surface area (Å²) in [4.78, 5) is 4.25. The van der Waals surface area contributed by atoms with Gasteiger partial charge in [-0.15, -0.1) is 0 Å². The van der Waals surface area contributed by atoms with Crippen LogP contribution in [0.4, 0.5) is 4.39 Å². The Hall–Kier alpha value is -1.39. The molecule has 0 aliphatic heterocycles. The summed E-state index contributed by atoms with van der Waals surface area (Å²) in [7, 11) is 0. The molecule has 2 N–H and O–H groups in total. The first-order chi connectivity index (χ1) is 8.61. The van der Waals surface area contributed by atoms with Crippen molar-refractivity contribution in [2.24, 2.45) is 5.73 Å². The maximum atomic E-state index is 12.9. The molecule has 0 spiro atoms. The summed E-state index contributed by atoms with van der Waals surface area (Å²) < 4.78 is 14.9. The number of hydrogen-bond acceptors (Lipinski definition) is 2. The van der Waals surface area contributed by atoms with Gasteiger partial charge in [0, 0.05) is 24.0 Å². The molecule has 0 bridgehead atoms. The van der Waals surface area contributed by atoms with Crippen molar-refractivity contribution in [3.05, 3.63) is 52.8 Å². The van der Waals surface area contributed by atoms with Crippen molar-refractivity contribution in [2.45, 2.75) is 25.9 Å². The molecule has 1 aromatic carbocycles. The first-order valence-corrected chi connectivity index (χ1v) is 6.20. The second-order valence-corrected chi connectivity index (χ2v) is 4.53. The largest absolute Gasteiger partial charge is 0.334 e. The van der Waals surface area contributed by atoms with Gasteiger partial charge in [-0.2, -0.15) is 0 Å². The molecule has 5 heteroatoms. The van der Waals surface area contributed by atoms with Gasteiger partial charge in [-0.25, -0.2) is 9.37 Å². The topological polar surface area (TPSA) is 43.8 Å². The summed E-state index contributed by atoms with van der Waals surface area (Å²) in [6.45, 7) is 2.85. The highest BCUT2D eigenvalue weighted by atomic mass is 35.5. The number of halogens is 2. The van der Waals surface area contributed by atoms with Crippen molar-refractivity contribution in [1.29, 1.82) is 0 Å². The van der Waals surface area contributed by atoms with Crippen molar-refractivity contribution < 1.29 is 4.39 Å². The molecule has 0 aliphatic rings. The minimum Gasteiger partial charge on any atom is -0.334 e. The third kappa shape index (κ3) is 2.71. The van der Waals surface area contributed by atoms with Crippen LogP contribution < -0.4 is 5.73 Å². The number of hydrogen-bond donors (Lipinski definition) is 1. The second kappa shape index (κ2) is 5.50. The predicted octanol–water partition coefficient (Wildman–Crippen LogP) is 2.94. The zero-order valence-corrected chi connectivity index (χ0v) is 10.9. The van der Waals surface area contributed by atoms with E-state index in [1.807, 2.05) is 17.7 Å². The normalized spacial score (nSPS) is 12.7. The Kier molecular flexibility index (Phi) is 3.99. The third-order valence-corrected chi connectivity index (χ3v) is 3.23. The van der Waals surface area contributed by atoms with E-state index in [0.29, 0.717) is 11.4 Å². The Morgan fingerprint density at radius 2 is 2.28 bits per heavy atom. The number of nitrogens with zero attached hydrogens (tertiary/aromatic N) is 2. The van der Waals surface area contributed by atoms with Crippen LogP contribution in [0.1, 0.15) is 24.4 Å². The van der Waals surface area contributed by atoms with E-state index < -0.39 is 0 Å². The molecule has 2 aromatic rings. The van der Waals surface area contributed by atoms with Crippen LogP contribution in [-0.4, -0.2) is 9.55 Å². The van der Waals surface area contributed by atoms with Gasteiger partial charge in [0.25, 0.3) is 0 Å². The van der Waals surface area contributed by atoms with Gasteiger partial charge in [-0.3, -0.25) is 0 Å². The summed E-state index contributed by atoms with van der Waals surface area (Å²) in [6, 6.07) is 4.11. The number of aromatic nitrogens is 2. The Balaban J connectivity index is 2.18. The maximum absolute atomic E-state index is 12.9. The molecule has 18 heavy (non-hydrogen) atoms. The lowest BCUT2D eigenvalue weighted by molar-refractivity contribution is 0.597. The van der Waals surface area contributed by atoms with E-state index in [1.165, 1.54) is 12.1 Å². The molecular weight excluding hydrogens is 253 g/mol. The Morgan fingerprint density at radius 3 is 2.94 bits per heavy atom. The van der Waals surface area contributed by atoms with Crippen molar-refractivity contribution >= 4 is 11.6 Å². The Bertz CT molecular complexity index is 539. The van der Waals surface area contributed by atoms with E-state index in [1.54, 1.807) is 12.3 Å². The van der Waals surface area contributed by atoms with E-state index >= 15 is 0 Å². The molecule has 0 fully saturated rings. The molecule has 0 saturated heterocycles. The molecule has 3 nitrogen and oxygen atoms in total. The summed E-state index contributed by atoms with van der Waals surface area (Å²) >= 11 is 5.99. The monoisotopic (exact) mass is 267 g/mol. The van der Waals surface area contributed by atoms with Gasteiger partial charge in [-0.05, 0) is 31.0 Å². The standard InChI is InChI=1S/C13H15ClFN3/c1-2-18-6-5-17-13(18)12(16)7-9-3-4-10(15)8-11(9)14/h3-6,8,12H,2,7,16H2,1H3. The molecular formula is C13H15ClFN3. The molecule has 2 rings (SSSR count). The van der Waals surface area contributed by atoms with Gasteiger partial charge >= 0.3 is 0 Å². The number of nitrogens with two attached hydrogens (primary N) is 1. The molecule has 0 amide bonds. The van der Waals surface area contributed by atoms with Gasteiger partial charge in [0.2, 0.25) is 0 Å². The molecule has 0 aliphatic carbocycles. The zero-order chi connectivity index (χ0) is 13.1. The van der Waals surface area contributed by atoms with Crippen LogP contribution in [0.3, 0.4) is 0 Å². The van der Waals surface area contributed by atoms with E-state index in [4.69, 9.17) is 17.3 Å². The molecule has 1 aromatic heterocycles. The van der Waals surface area contributed by atoms with Crippen LogP contribution in [0.25, 0.3) is 0 Å². The van der Waals surface area contributed by atoms with Crippen LogP contribution in [0.5, 0.6) is 0 Å². The molecule has 1 unspecified atom stereocenters. The third-order valence-electron chi connectivity index (χ3n) is 2.87. The van der Waals surface area contributed by atoms with Crippen molar-refractivity contribution in [2.75, 3.05) is 0 Å². The molecule has 1 atom stereocenters. The Morgan fingerprint density at radius 1 is 1.50 bits per heavy atom. The molecule has 0 saturated carbocycles. The first kappa shape index (κ1) is 13.1. The van der Waals surface area contributed by atoms with Gasteiger partial charge < -0.3 is 10.3 Å². The van der Waals surface area contributed by atoms with Crippen LogP contribution in [0.15, 0.2) is 30.6 Å². The van der Waals surface area contributed by atoms with E-state index in [-0.39, 0.29) is 11.9 Å². The SMILES string of the molecule is CCn1ccnc1C(N)Cc1ccc(F)cc1Cl. The summed E-state index contributed by atoms with van der Waals surface area (Å²) in [5.41, 5.74) is 6.95. The van der Waals surface area contributed by atoms with Gasteiger partial charge in [-0.1, -0.05) is 17.7 Å². The average molecular weight is 268 g/mol. The fourth-order valence-electron chi connectivity index (χ4n) is 1.93. The van der Waals surface area contributed by atoms with Crippen LogP contribution in [0, 0.1) is 5.82 Å². The first-order valence-electron chi connectivity index (χ1n) is 5.82. The number of aryl methyl sites for hydroxylation is 1. The van der Waals surface area contributed by atoms with Gasteiger partial charge in [0.05, 0.1) is 6.04 Å². The molecule has 0 radical (unpaired) electrons. The lowest BCUT2D eigenvalue weighted by Gasteiger charge is -2.14. The number of imidazole rings is 1. The fourth-order valence-corrected chi connectivity index (χ4v) is 2.18. The zero-order valence-electron chi connectivity index (χ0n) is 10.1. The molecule has 96 valence electrons. The summed E-state index contributed by atoms with van der Waals surface area (Å²) in [5, 5.41) is 0.403. The predicted molar refractivity (Wildman–Crippen MR) is 69.9 cm³/mol. The number of rotatable bonds is 4. The Labute approximate surface area is 110 Å². The van der Waals surface area contributed by atoms with Crippen molar-refractivity contribution in [1.82, 2.24) is 9.55 Å². The highest BCUT2D eigenvalue weighted by molar-refractivity contribution is 6.31. The van der Waals surface area contributed by atoms with Crippen molar-refractivity contribution in [3.63, 3.8) is 0 Å². The van der Waals surface area contributed by atoms with E-state index in [0.717, 1.165) is 17.9 Å². The van der Waals surface area contributed by atoms with Crippen LogP contribution >= 0.6 is 11.6 Å².